The molecule has 0 aliphatic heterocycles. The van der Waals surface area contributed by atoms with E-state index in [9.17, 15) is 18.4 Å². The first-order chi connectivity index (χ1) is 13.5. The second-order valence-electron chi connectivity index (χ2n) is 6.07. The van der Waals surface area contributed by atoms with Crippen LogP contribution < -0.4 is 10.9 Å². The molecular formula is C20H13F2N3O2S. The summed E-state index contributed by atoms with van der Waals surface area (Å²) < 4.78 is 28.1. The number of H-pyrrole nitrogens is 1. The highest BCUT2D eigenvalue weighted by Gasteiger charge is 2.21. The van der Waals surface area contributed by atoms with Crippen molar-refractivity contribution in [2.75, 3.05) is 5.32 Å². The predicted octanol–water partition coefficient (Wildman–Crippen LogP) is 4.49. The molecule has 0 aliphatic rings. The lowest BCUT2D eigenvalue weighted by atomic mass is 10.1. The molecule has 4 aromatic rings. The van der Waals surface area contributed by atoms with Gasteiger partial charge in [0.25, 0.3) is 11.5 Å². The maximum atomic E-state index is 14.1. The Kier molecular flexibility index (Phi) is 4.48. The molecule has 0 atom stereocenters. The Morgan fingerprint density at radius 3 is 2.43 bits per heavy atom. The lowest BCUT2D eigenvalue weighted by Crippen LogP contribution is -2.13. The summed E-state index contributed by atoms with van der Waals surface area (Å²) in [7, 11) is 0. The van der Waals surface area contributed by atoms with Crippen molar-refractivity contribution in [1.82, 2.24) is 9.97 Å². The number of para-hydroxylation sites is 1. The normalized spacial score (nSPS) is 11.0. The summed E-state index contributed by atoms with van der Waals surface area (Å²) in [6, 6.07) is 12.3. The monoisotopic (exact) mass is 397 g/mol. The number of benzene rings is 2. The molecule has 0 saturated heterocycles. The standard InChI is InChI=1S/C20H13F2N3O2S/c1-10-14-18(26)24-17(15-12(21)8-5-9-13(15)22)25-20(14)28-16(10)19(27)23-11-6-3-2-4-7-11/h2-9H,1H3,(H,23,27)(H,24,25,26). The summed E-state index contributed by atoms with van der Waals surface area (Å²) >= 11 is 0.998. The van der Waals surface area contributed by atoms with E-state index in [0.29, 0.717) is 16.1 Å². The third-order valence-electron chi connectivity index (χ3n) is 4.24. The molecule has 8 heteroatoms. The van der Waals surface area contributed by atoms with E-state index < -0.39 is 22.8 Å². The molecule has 0 fully saturated rings. The Morgan fingerprint density at radius 1 is 1.07 bits per heavy atom. The zero-order chi connectivity index (χ0) is 19.8. The number of carbonyl (C=O) groups excluding carboxylic acids is 1. The molecule has 140 valence electrons. The summed E-state index contributed by atoms with van der Waals surface area (Å²) in [5.74, 6) is -2.27. The molecule has 0 radical (unpaired) electrons. The minimum atomic E-state index is -0.835. The van der Waals surface area contributed by atoms with Crippen LogP contribution in [0.5, 0.6) is 0 Å². The SMILES string of the molecule is Cc1c(C(=O)Nc2ccccc2)sc2nc(-c3c(F)cccc3F)[nH]c(=O)c12. The molecule has 2 aromatic heterocycles. The van der Waals surface area contributed by atoms with Gasteiger partial charge in [0, 0.05) is 5.69 Å². The van der Waals surface area contributed by atoms with Crippen LogP contribution in [0.2, 0.25) is 0 Å². The Morgan fingerprint density at radius 2 is 1.75 bits per heavy atom. The van der Waals surface area contributed by atoms with Crippen molar-refractivity contribution in [2.24, 2.45) is 0 Å². The van der Waals surface area contributed by atoms with Crippen molar-refractivity contribution in [3.05, 3.63) is 81.0 Å². The molecule has 2 N–H and O–H groups in total. The fourth-order valence-corrected chi connectivity index (χ4v) is 3.99. The first kappa shape index (κ1) is 18.0. The molecule has 1 amide bonds. The summed E-state index contributed by atoms with van der Waals surface area (Å²) in [4.78, 5) is 32.3. The van der Waals surface area contributed by atoms with E-state index in [1.807, 2.05) is 6.07 Å². The minimum absolute atomic E-state index is 0.218. The smallest absolute Gasteiger partial charge is 0.266 e. The highest BCUT2D eigenvalue weighted by Crippen LogP contribution is 2.30. The quantitative estimate of drug-likeness (QED) is 0.535. The number of fused-ring (bicyclic) bond motifs is 1. The van der Waals surface area contributed by atoms with E-state index in [0.717, 1.165) is 23.5 Å². The predicted molar refractivity (Wildman–Crippen MR) is 105 cm³/mol. The summed E-state index contributed by atoms with van der Waals surface area (Å²) in [6.07, 6.45) is 0. The van der Waals surface area contributed by atoms with Crippen LogP contribution in [0.4, 0.5) is 14.5 Å². The van der Waals surface area contributed by atoms with Gasteiger partial charge in [0.2, 0.25) is 0 Å². The maximum absolute atomic E-state index is 14.1. The van der Waals surface area contributed by atoms with Crippen LogP contribution in [0.3, 0.4) is 0 Å². The highest BCUT2D eigenvalue weighted by molar-refractivity contribution is 7.20. The van der Waals surface area contributed by atoms with Crippen molar-refractivity contribution in [2.45, 2.75) is 6.92 Å². The number of aromatic amines is 1. The number of aromatic nitrogens is 2. The number of nitrogens with zero attached hydrogens (tertiary/aromatic N) is 1. The van der Waals surface area contributed by atoms with Crippen molar-refractivity contribution >= 4 is 33.1 Å². The zero-order valence-corrected chi connectivity index (χ0v) is 15.4. The molecule has 2 heterocycles. The lowest BCUT2D eigenvalue weighted by molar-refractivity contribution is 0.103. The van der Waals surface area contributed by atoms with E-state index in [1.54, 1.807) is 31.2 Å². The van der Waals surface area contributed by atoms with Gasteiger partial charge in [-0.15, -0.1) is 11.3 Å². The van der Waals surface area contributed by atoms with Gasteiger partial charge in [-0.3, -0.25) is 9.59 Å². The molecule has 0 spiro atoms. The lowest BCUT2D eigenvalue weighted by Gasteiger charge is -2.04. The molecular weight excluding hydrogens is 384 g/mol. The topological polar surface area (TPSA) is 74.8 Å². The van der Waals surface area contributed by atoms with E-state index in [-0.39, 0.29) is 21.9 Å². The number of carbonyl (C=O) groups is 1. The summed E-state index contributed by atoms with van der Waals surface area (Å²) in [5.41, 5.74) is 0.0982. The number of thiophene rings is 1. The number of hydrogen-bond acceptors (Lipinski definition) is 4. The van der Waals surface area contributed by atoms with Crippen LogP contribution in [-0.2, 0) is 0 Å². The van der Waals surface area contributed by atoms with E-state index in [2.05, 4.69) is 15.3 Å². The van der Waals surface area contributed by atoms with E-state index in [4.69, 9.17) is 0 Å². The Labute approximate surface area is 161 Å². The van der Waals surface area contributed by atoms with Crippen LogP contribution in [-0.4, -0.2) is 15.9 Å². The van der Waals surface area contributed by atoms with Crippen LogP contribution in [0, 0.1) is 18.6 Å². The van der Waals surface area contributed by atoms with Crippen molar-refractivity contribution in [1.29, 1.82) is 0 Å². The van der Waals surface area contributed by atoms with Crippen LogP contribution in [0.15, 0.2) is 53.3 Å². The first-order valence-electron chi connectivity index (χ1n) is 8.30. The molecule has 28 heavy (non-hydrogen) atoms. The Bertz CT molecular complexity index is 1250. The van der Waals surface area contributed by atoms with E-state index >= 15 is 0 Å². The number of rotatable bonds is 3. The summed E-state index contributed by atoms with van der Waals surface area (Å²) in [5, 5.41) is 2.98. The van der Waals surface area contributed by atoms with Gasteiger partial charge in [-0.1, -0.05) is 24.3 Å². The van der Waals surface area contributed by atoms with Gasteiger partial charge in [-0.2, -0.15) is 0 Å². The largest absolute Gasteiger partial charge is 0.321 e. The summed E-state index contributed by atoms with van der Waals surface area (Å²) in [6.45, 7) is 1.64. The van der Waals surface area contributed by atoms with Gasteiger partial charge in [0.1, 0.15) is 22.3 Å². The Balaban J connectivity index is 1.82. The van der Waals surface area contributed by atoms with Gasteiger partial charge < -0.3 is 10.3 Å². The molecule has 0 bridgehead atoms. The van der Waals surface area contributed by atoms with Gasteiger partial charge >= 0.3 is 0 Å². The number of aryl methyl sites for hydroxylation is 1. The molecule has 5 nitrogen and oxygen atoms in total. The average molecular weight is 397 g/mol. The van der Waals surface area contributed by atoms with Crippen molar-refractivity contribution in [3.63, 3.8) is 0 Å². The number of nitrogens with one attached hydrogen (secondary N) is 2. The van der Waals surface area contributed by atoms with Crippen LogP contribution in [0.1, 0.15) is 15.2 Å². The molecule has 4 rings (SSSR count). The fourth-order valence-electron chi connectivity index (χ4n) is 2.91. The molecule has 0 saturated carbocycles. The number of halogens is 2. The fraction of sp³-hybridized carbons (Fsp3) is 0.0500. The molecule has 0 aliphatic carbocycles. The average Bonchev–Trinajstić information content (AvgIpc) is 2.99. The molecule has 2 aromatic carbocycles. The highest BCUT2D eigenvalue weighted by atomic mass is 32.1. The molecule has 0 unspecified atom stereocenters. The van der Waals surface area contributed by atoms with Crippen molar-refractivity contribution < 1.29 is 13.6 Å². The van der Waals surface area contributed by atoms with Gasteiger partial charge in [0.05, 0.1) is 15.8 Å². The van der Waals surface area contributed by atoms with Crippen LogP contribution in [0.25, 0.3) is 21.6 Å². The number of anilines is 1. The third kappa shape index (κ3) is 3.07. The maximum Gasteiger partial charge on any atom is 0.266 e. The third-order valence-corrected chi connectivity index (χ3v) is 5.42. The van der Waals surface area contributed by atoms with E-state index in [1.165, 1.54) is 6.07 Å². The van der Waals surface area contributed by atoms with Crippen molar-refractivity contribution in [3.8, 4) is 11.4 Å². The van der Waals surface area contributed by atoms with Gasteiger partial charge in [-0.25, -0.2) is 13.8 Å². The Hall–Kier alpha value is -3.39. The van der Waals surface area contributed by atoms with Gasteiger partial charge in [-0.05, 0) is 36.8 Å². The zero-order valence-electron chi connectivity index (χ0n) is 14.5. The minimum Gasteiger partial charge on any atom is -0.321 e. The number of amides is 1. The second kappa shape index (κ2) is 6.97. The van der Waals surface area contributed by atoms with Gasteiger partial charge in [0.15, 0.2) is 0 Å². The second-order valence-corrected chi connectivity index (χ2v) is 7.07. The first-order valence-corrected chi connectivity index (χ1v) is 9.11. The van der Waals surface area contributed by atoms with Crippen LogP contribution >= 0.6 is 11.3 Å². The number of hydrogen-bond donors (Lipinski definition) is 2.